The molecular formula is C24H27NO5. The number of hydrogen-bond acceptors (Lipinski definition) is 4. The van der Waals surface area contributed by atoms with Gasteiger partial charge in [0.15, 0.2) is 0 Å². The molecule has 1 unspecified atom stereocenters. The summed E-state index contributed by atoms with van der Waals surface area (Å²) in [6.45, 7) is 0.161. The Morgan fingerprint density at radius 1 is 1.10 bits per heavy atom. The summed E-state index contributed by atoms with van der Waals surface area (Å²) in [5.41, 5.74) is 4.30. The van der Waals surface area contributed by atoms with E-state index in [9.17, 15) is 14.7 Å². The monoisotopic (exact) mass is 409 g/mol. The average molecular weight is 409 g/mol. The van der Waals surface area contributed by atoms with Gasteiger partial charge < -0.3 is 19.9 Å². The Balaban J connectivity index is 1.37. The molecule has 2 N–H and O–H groups in total. The number of amides is 1. The van der Waals surface area contributed by atoms with E-state index < -0.39 is 18.1 Å². The number of fused-ring (bicyclic) bond motifs is 3. The summed E-state index contributed by atoms with van der Waals surface area (Å²) in [4.78, 5) is 24.0. The summed E-state index contributed by atoms with van der Waals surface area (Å²) < 4.78 is 11.0. The average Bonchev–Trinajstić information content (AvgIpc) is 3.04. The topological polar surface area (TPSA) is 84.9 Å². The van der Waals surface area contributed by atoms with Crippen LogP contribution in [0, 0.1) is 0 Å². The molecule has 0 spiro atoms. The van der Waals surface area contributed by atoms with Gasteiger partial charge in [0.25, 0.3) is 0 Å². The van der Waals surface area contributed by atoms with Crippen molar-refractivity contribution < 1.29 is 24.2 Å². The molecule has 0 bridgehead atoms. The lowest BCUT2D eigenvalue weighted by Gasteiger charge is -2.41. The fourth-order valence-corrected chi connectivity index (χ4v) is 4.57. The Labute approximate surface area is 176 Å². The molecule has 1 atom stereocenters. The molecule has 1 amide bonds. The second-order valence-corrected chi connectivity index (χ2v) is 8.14. The molecule has 1 fully saturated rings. The lowest BCUT2D eigenvalue weighted by Crippen LogP contribution is -2.45. The van der Waals surface area contributed by atoms with Gasteiger partial charge in [0, 0.05) is 13.0 Å². The minimum atomic E-state index is -1.06. The van der Waals surface area contributed by atoms with E-state index in [4.69, 9.17) is 9.47 Å². The van der Waals surface area contributed by atoms with Crippen LogP contribution < -0.4 is 5.32 Å². The molecule has 0 aliphatic heterocycles. The van der Waals surface area contributed by atoms with Crippen LogP contribution in [0.5, 0.6) is 0 Å². The maximum Gasteiger partial charge on any atom is 0.407 e. The van der Waals surface area contributed by atoms with E-state index in [-0.39, 0.29) is 18.1 Å². The van der Waals surface area contributed by atoms with Crippen LogP contribution in [-0.4, -0.2) is 42.5 Å². The maximum absolute atomic E-state index is 12.4. The van der Waals surface area contributed by atoms with Gasteiger partial charge in [-0.05, 0) is 54.4 Å². The molecule has 2 aliphatic carbocycles. The number of rotatable bonds is 8. The lowest BCUT2D eigenvalue weighted by molar-refractivity contribution is -0.140. The number of methoxy groups -OCH3 is 1. The van der Waals surface area contributed by atoms with E-state index in [0.717, 1.165) is 41.5 Å². The van der Waals surface area contributed by atoms with Gasteiger partial charge in [0.05, 0.1) is 5.60 Å². The molecule has 6 heteroatoms. The second kappa shape index (κ2) is 8.48. The number of nitrogens with one attached hydrogen (secondary N) is 1. The Morgan fingerprint density at radius 3 is 2.20 bits per heavy atom. The molecule has 4 rings (SSSR count). The van der Waals surface area contributed by atoms with E-state index in [1.165, 1.54) is 0 Å². The van der Waals surface area contributed by atoms with Crippen molar-refractivity contribution in [3.63, 3.8) is 0 Å². The Bertz CT molecular complexity index is 886. The van der Waals surface area contributed by atoms with Crippen molar-refractivity contribution in [1.29, 1.82) is 0 Å². The number of carboxylic acids is 1. The van der Waals surface area contributed by atoms with E-state index in [1.807, 2.05) is 36.4 Å². The first-order chi connectivity index (χ1) is 14.5. The number of benzene rings is 2. The van der Waals surface area contributed by atoms with Crippen molar-refractivity contribution in [2.24, 2.45) is 0 Å². The zero-order valence-corrected chi connectivity index (χ0v) is 17.1. The van der Waals surface area contributed by atoms with Crippen molar-refractivity contribution in [2.75, 3.05) is 13.7 Å². The van der Waals surface area contributed by atoms with Gasteiger partial charge in [-0.25, -0.2) is 9.59 Å². The first kappa shape index (κ1) is 20.4. The summed E-state index contributed by atoms with van der Waals surface area (Å²) in [5, 5.41) is 12.0. The van der Waals surface area contributed by atoms with Crippen molar-refractivity contribution in [1.82, 2.24) is 5.32 Å². The van der Waals surface area contributed by atoms with E-state index >= 15 is 0 Å². The Kier molecular flexibility index (Phi) is 5.77. The zero-order valence-electron chi connectivity index (χ0n) is 17.1. The number of alkyl carbamates (subject to hydrolysis) is 1. The van der Waals surface area contributed by atoms with Crippen LogP contribution in [0.15, 0.2) is 48.5 Å². The van der Waals surface area contributed by atoms with Gasteiger partial charge in [-0.15, -0.1) is 0 Å². The van der Waals surface area contributed by atoms with Crippen molar-refractivity contribution in [3.05, 3.63) is 59.7 Å². The molecule has 0 saturated heterocycles. The first-order valence-corrected chi connectivity index (χ1v) is 10.4. The molecule has 30 heavy (non-hydrogen) atoms. The number of ether oxygens (including phenoxy) is 2. The summed E-state index contributed by atoms with van der Waals surface area (Å²) in [7, 11) is 1.66. The van der Waals surface area contributed by atoms with Gasteiger partial charge in [-0.3, -0.25) is 0 Å². The van der Waals surface area contributed by atoms with E-state index in [2.05, 4.69) is 17.4 Å². The fraction of sp³-hybridized carbons (Fsp3) is 0.417. The highest BCUT2D eigenvalue weighted by Crippen LogP contribution is 2.44. The smallest absolute Gasteiger partial charge is 0.407 e. The standard InChI is InChI=1S/C24H27NO5/c1-29-24(12-6-13-24)14-11-21(22(26)27)25-23(28)30-15-20-18-9-4-2-7-16(18)17-8-3-5-10-19(17)20/h2-5,7-10,20-21H,6,11-15H2,1H3,(H,25,28)(H,26,27). The van der Waals surface area contributed by atoms with Crippen LogP contribution in [0.1, 0.15) is 49.1 Å². The largest absolute Gasteiger partial charge is 0.480 e. The lowest BCUT2D eigenvalue weighted by atomic mass is 9.76. The quantitative estimate of drug-likeness (QED) is 0.678. The van der Waals surface area contributed by atoms with Crippen LogP contribution in [0.2, 0.25) is 0 Å². The molecule has 2 aromatic carbocycles. The zero-order chi connectivity index (χ0) is 21.1. The van der Waals surface area contributed by atoms with Gasteiger partial charge in [-0.2, -0.15) is 0 Å². The van der Waals surface area contributed by atoms with Crippen LogP contribution in [0.25, 0.3) is 11.1 Å². The number of hydrogen-bond donors (Lipinski definition) is 2. The molecular weight excluding hydrogens is 382 g/mol. The molecule has 0 aromatic heterocycles. The molecule has 0 heterocycles. The van der Waals surface area contributed by atoms with Gasteiger partial charge in [-0.1, -0.05) is 48.5 Å². The molecule has 2 aliphatic rings. The summed E-state index contributed by atoms with van der Waals surface area (Å²) in [6.07, 6.45) is 3.16. The highest BCUT2D eigenvalue weighted by atomic mass is 16.5. The predicted molar refractivity (Wildman–Crippen MR) is 112 cm³/mol. The van der Waals surface area contributed by atoms with Crippen LogP contribution in [-0.2, 0) is 14.3 Å². The third kappa shape index (κ3) is 3.92. The van der Waals surface area contributed by atoms with Gasteiger partial charge in [0.1, 0.15) is 12.6 Å². The predicted octanol–water partition coefficient (Wildman–Crippen LogP) is 4.33. The maximum atomic E-state index is 12.4. The SMILES string of the molecule is COC1(CCC(NC(=O)OCC2c3ccccc3-c3ccccc32)C(=O)O)CCC1. The first-order valence-electron chi connectivity index (χ1n) is 10.4. The summed E-state index contributed by atoms with van der Waals surface area (Å²) in [5.74, 6) is -1.12. The van der Waals surface area contributed by atoms with E-state index in [1.54, 1.807) is 7.11 Å². The molecule has 0 radical (unpaired) electrons. The van der Waals surface area contributed by atoms with Crippen LogP contribution >= 0.6 is 0 Å². The number of aliphatic carboxylic acids is 1. The normalized spacial score (nSPS) is 17.4. The highest BCUT2D eigenvalue weighted by molar-refractivity contribution is 5.81. The summed E-state index contributed by atoms with van der Waals surface area (Å²) in [6, 6.07) is 15.2. The van der Waals surface area contributed by atoms with Crippen molar-refractivity contribution >= 4 is 12.1 Å². The van der Waals surface area contributed by atoms with Crippen LogP contribution in [0.4, 0.5) is 4.79 Å². The molecule has 1 saturated carbocycles. The molecule has 158 valence electrons. The third-order valence-corrected chi connectivity index (χ3v) is 6.52. The minimum Gasteiger partial charge on any atom is -0.480 e. The number of carboxylic acid groups (broad SMARTS) is 1. The second-order valence-electron chi connectivity index (χ2n) is 8.14. The summed E-state index contributed by atoms with van der Waals surface area (Å²) >= 11 is 0. The van der Waals surface area contributed by atoms with Crippen molar-refractivity contribution in [2.45, 2.75) is 49.7 Å². The number of carbonyl (C=O) groups is 2. The Hall–Kier alpha value is -2.86. The fourth-order valence-electron chi connectivity index (χ4n) is 4.57. The number of carbonyl (C=O) groups excluding carboxylic acids is 1. The van der Waals surface area contributed by atoms with Crippen LogP contribution in [0.3, 0.4) is 0 Å². The van der Waals surface area contributed by atoms with E-state index in [0.29, 0.717) is 12.8 Å². The minimum absolute atomic E-state index is 0.0573. The molecule has 6 nitrogen and oxygen atoms in total. The third-order valence-electron chi connectivity index (χ3n) is 6.52. The molecule has 2 aromatic rings. The van der Waals surface area contributed by atoms with Gasteiger partial charge >= 0.3 is 12.1 Å². The van der Waals surface area contributed by atoms with Crippen molar-refractivity contribution in [3.8, 4) is 11.1 Å². The highest BCUT2D eigenvalue weighted by Gasteiger charge is 2.38. The Morgan fingerprint density at radius 2 is 1.70 bits per heavy atom. The van der Waals surface area contributed by atoms with Gasteiger partial charge in [0.2, 0.25) is 0 Å².